The van der Waals surface area contributed by atoms with Gasteiger partial charge in [0.15, 0.2) is 0 Å². The van der Waals surface area contributed by atoms with Gasteiger partial charge in [-0.05, 0) is 31.7 Å². The van der Waals surface area contributed by atoms with Crippen molar-refractivity contribution in [3.8, 4) is 0 Å². The molecule has 0 aliphatic heterocycles. The zero-order valence-corrected chi connectivity index (χ0v) is 12.5. The number of aryl methyl sites for hydroxylation is 2. The van der Waals surface area contributed by atoms with E-state index in [1.165, 1.54) is 5.56 Å². The number of benzene rings is 1. The van der Waals surface area contributed by atoms with Crippen LogP contribution in [0.1, 0.15) is 43.2 Å². The molecule has 2 unspecified atom stereocenters. The predicted molar refractivity (Wildman–Crippen MR) is 81.0 cm³/mol. The lowest BCUT2D eigenvalue weighted by molar-refractivity contribution is -0.144. The molecule has 0 saturated heterocycles. The highest BCUT2D eigenvalue weighted by molar-refractivity contribution is 5.78. The number of carbonyl (C=O) groups excluding carboxylic acids is 1. The summed E-state index contributed by atoms with van der Waals surface area (Å²) >= 11 is 0. The van der Waals surface area contributed by atoms with Gasteiger partial charge in [0.2, 0.25) is 5.91 Å². The topological polar surface area (TPSA) is 66.4 Å². The molecule has 1 fully saturated rings. The first-order chi connectivity index (χ1) is 10.1. The lowest BCUT2D eigenvalue weighted by atomic mass is 9.84. The van der Waals surface area contributed by atoms with Crippen LogP contribution >= 0.6 is 0 Å². The van der Waals surface area contributed by atoms with Crippen molar-refractivity contribution in [2.75, 3.05) is 0 Å². The van der Waals surface area contributed by atoms with Gasteiger partial charge in [-0.15, -0.1) is 0 Å². The van der Waals surface area contributed by atoms with E-state index in [4.69, 9.17) is 0 Å². The lowest BCUT2D eigenvalue weighted by Gasteiger charge is -2.29. The minimum absolute atomic E-state index is 0.0475. The summed E-state index contributed by atoms with van der Waals surface area (Å²) in [7, 11) is 0. The number of hydrogen-bond acceptors (Lipinski definition) is 2. The van der Waals surface area contributed by atoms with Crippen LogP contribution in [0, 0.1) is 12.8 Å². The number of amides is 1. The maximum absolute atomic E-state index is 12.0. The van der Waals surface area contributed by atoms with Crippen LogP contribution in [0.4, 0.5) is 0 Å². The summed E-state index contributed by atoms with van der Waals surface area (Å²) in [4.78, 5) is 23.2. The van der Waals surface area contributed by atoms with E-state index in [0.717, 1.165) is 24.8 Å². The molecule has 0 spiro atoms. The Hall–Kier alpha value is -1.84. The molecular weight excluding hydrogens is 266 g/mol. The number of aliphatic carboxylic acids is 1. The van der Waals surface area contributed by atoms with E-state index in [1.54, 1.807) is 0 Å². The van der Waals surface area contributed by atoms with Crippen LogP contribution in [0.3, 0.4) is 0 Å². The third-order valence-corrected chi connectivity index (χ3v) is 4.19. The number of rotatable bonds is 5. The minimum atomic E-state index is -0.793. The van der Waals surface area contributed by atoms with Gasteiger partial charge in [-0.1, -0.05) is 42.7 Å². The van der Waals surface area contributed by atoms with E-state index in [-0.39, 0.29) is 11.9 Å². The average Bonchev–Trinajstić information content (AvgIpc) is 2.47. The molecule has 4 heteroatoms. The average molecular weight is 289 g/mol. The minimum Gasteiger partial charge on any atom is -0.481 e. The van der Waals surface area contributed by atoms with E-state index in [0.29, 0.717) is 19.3 Å². The molecular formula is C17H23NO3. The highest BCUT2D eigenvalue weighted by Gasteiger charge is 2.31. The lowest BCUT2D eigenvalue weighted by Crippen LogP contribution is -2.45. The standard InChI is InChI=1S/C17H23NO3/c1-12-6-8-13(9-7-12)10-11-16(19)18-15-5-3-2-4-14(15)17(20)21/h6-9,14-15H,2-5,10-11H2,1H3,(H,18,19)(H,20,21). The first-order valence-corrected chi connectivity index (χ1v) is 7.64. The summed E-state index contributed by atoms with van der Waals surface area (Å²) < 4.78 is 0. The zero-order chi connectivity index (χ0) is 15.2. The van der Waals surface area contributed by atoms with Crippen LogP contribution in [0.15, 0.2) is 24.3 Å². The predicted octanol–water partition coefficient (Wildman–Crippen LogP) is 2.69. The first kappa shape index (κ1) is 15.5. The van der Waals surface area contributed by atoms with Crippen molar-refractivity contribution in [1.29, 1.82) is 0 Å². The highest BCUT2D eigenvalue weighted by atomic mass is 16.4. The van der Waals surface area contributed by atoms with Crippen molar-refractivity contribution >= 4 is 11.9 Å². The summed E-state index contributed by atoms with van der Waals surface area (Å²) in [6, 6.07) is 7.93. The van der Waals surface area contributed by atoms with Crippen molar-refractivity contribution in [3.05, 3.63) is 35.4 Å². The fourth-order valence-electron chi connectivity index (χ4n) is 2.89. The second-order valence-corrected chi connectivity index (χ2v) is 5.89. The van der Waals surface area contributed by atoms with E-state index in [9.17, 15) is 14.7 Å². The van der Waals surface area contributed by atoms with Gasteiger partial charge >= 0.3 is 5.97 Å². The van der Waals surface area contributed by atoms with Crippen LogP contribution in [-0.2, 0) is 16.0 Å². The fourth-order valence-corrected chi connectivity index (χ4v) is 2.89. The van der Waals surface area contributed by atoms with Crippen LogP contribution < -0.4 is 5.32 Å². The molecule has 1 aliphatic rings. The summed E-state index contributed by atoms with van der Waals surface area (Å²) in [5.41, 5.74) is 2.34. The summed E-state index contributed by atoms with van der Waals surface area (Å²) in [5, 5.41) is 12.1. The molecule has 1 saturated carbocycles. The largest absolute Gasteiger partial charge is 0.481 e. The normalized spacial score (nSPS) is 21.8. The van der Waals surface area contributed by atoms with Gasteiger partial charge in [0.25, 0.3) is 0 Å². The fraction of sp³-hybridized carbons (Fsp3) is 0.529. The number of carbonyl (C=O) groups is 2. The van der Waals surface area contributed by atoms with Crippen molar-refractivity contribution in [1.82, 2.24) is 5.32 Å². The molecule has 2 atom stereocenters. The van der Waals surface area contributed by atoms with Crippen molar-refractivity contribution in [2.45, 2.75) is 51.5 Å². The Labute approximate surface area is 125 Å². The number of carboxylic acid groups (broad SMARTS) is 1. The van der Waals surface area contributed by atoms with E-state index < -0.39 is 11.9 Å². The van der Waals surface area contributed by atoms with E-state index >= 15 is 0 Å². The third-order valence-electron chi connectivity index (χ3n) is 4.19. The molecule has 2 rings (SSSR count). The summed E-state index contributed by atoms with van der Waals surface area (Å²) in [5.74, 6) is -1.27. The second-order valence-electron chi connectivity index (χ2n) is 5.89. The maximum Gasteiger partial charge on any atom is 0.308 e. The van der Waals surface area contributed by atoms with E-state index in [1.807, 2.05) is 31.2 Å². The molecule has 1 amide bonds. The Morgan fingerprint density at radius 1 is 1.19 bits per heavy atom. The molecule has 1 aromatic rings. The monoisotopic (exact) mass is 289 g/mol. The Bertz CT molecular complexity index is 495. The number of hydrogen-bond donors (Lipinski definition) is 2. The Balaban J connectivity index is 1.83. The quantitative estimate of drug-likeness (QED) is 0.876. The second kappa shape index (κ2) is 7.25. The van der Waals surface area contributed by atoms with Crippen LogP contribution in [0.25, 0.3) is 0 Å². The van der Waals surface area contributed by atoms with E-state index in [2.05, 4.69) is 5.32 Å². The van der Waals surface area contributed by atoms with Crippen molar-refractivity contribution in [3.63, 3.8) is 0 Å². The van der Waals surface area contributed by atoms with Crippen LogP contribution in [-0.4, -0.2) is 23.0 Å². The molecule has 2 N–H and O–H groups in total. The SMILES string of the molecule is Cc1ccc(CCC(=O)NC2CCCCC2C(=O)O)cc1. The molecule has 0 aromatic heterocycles. The van der Waals surface area contributed by atoms with Gasteiger partial charge in [0.05, 0.1) is 5.92 Å². The van der Waals surface area contributed by atoms with Crippen LogP contribution in [0.5, 0.6) is 0 Å². The van der Waals surface area contributed by atoms with Crippen LogP contribution in [0.2, 0.25) is 0 Å². The Kier molecular flexibility index (Phi) is 5.37. The zero-order valence-electron chi connectivity index (χ0n) is 12.5. The molecule has 21 heavy (non-hydrogen) atoms. The smallest absolute Gasteiger partial charge is 0.308 e. The maximum atomic E-state index is 12.0. The van der Waals surface area contributed by atoms with Crippen molar-refractivity contribution < 1.29 is 14.7 Å². The number of nitrogens with one attached hydrogen (secondary N) is 1. The Morgan fingerprint density at radius 2 is 1.86 bits per heavy atom. The third kappa shape index (κ3) is 4.59. The van der Waals surface area contributed by atoms with Gasteiger partial charge in [-0.25, -0.2) is 0 Å². The van der Waals surface area contributed by atoms with Gasteiger partial charge < -0.3 is 10.4 Å². The molecule has 114 valence electrons. The first-order valence-electron chi connectivity index (χ1n) is 7.64. The molecule has 0 heterocycles. The molecule has 1 aromatic carbocycles. The van der Waals surface area contributed by atoms with Gasteiger partial charge in [0.1, 0.15) is 0 Å². The molecule has 0 radical (unpaired) electrons. The molecule has 1 aliphatic carbocycles. The summed E-state index contributed by atoms with van der Waals surface area (Å²) in [6.45, 7) is 2.03. The molecule has 4 nitrogen and oxygen atoms in total. The van der Waals surface area contributed by atoms with Gasteiger partial charge in [0, 0.05) is 12.5 Å². The van der Waals surface area contributed by atoms with Crippen molar-refractivity contribution in [2.24, 2.45) is 5.92 Å². The number of carboxylic acids is 1. The highest BCUT2D eigenvalue weighted by Crippen LogP contribution is 2.24. The van der Waals surface area contributed by atoms with Gasteiger partial charge in [-0.3, -0.25) is 9.59 Å². The Morgan fingerprint density at radius 3 is 2.52 bits per heavy atom. The molecule has 0 bridgehead atoms. The van der Waals surface area contributed by atoms with Gasteiger partial charge in [-0.2, -0.15) is 0 Å². The summed E-state index contributed by atoms with van der Waals surface area (Å²) in [6.07, 6.45) is 4.47.